The SMILES string of the molecule is Cc1ccc(CN2CCC[C@H]2C(=O)Nc2cccc(-n3cccn3)c2)s1. The molecule has 1 fully saturated rings. The number of nitrogens with one attached hydrogen (secondary N) is 1. The van der Waals surface area contributed by atoms with Crippen molar-refractivity contribution < 1.29 is 4.79 Å². The Kier molecular flexibility index (Phi) is 4.86. The summed E-state index contributed by atoms with van der Waals surface area (Å²) in [6, 6.07) is 13.9. The van der Waals surface area contributed by atoms with Gasteiger partial charge in [0.05, 0.1) is 11.7 Å². The monoisotopic (exact) mass is 366 g/mol. The Balaban J connectivity index is 1.44. The Morgan fingerprint density at radius 1 is 1.31 bits per heavy atom. The van der Waals surface area contributed by atoms with Crippen molar-refractivity contribution in [3.05, 3.63) is 64.6 Å². The van der Waals surface area contributed by atoms with Crippen LogP contribution in [0.15, 0.2) is 54.9 Å². The highest BCUT2D eigenvalue weighted by Gasteiger charge is 2.30. The number of hydrogen-bond acceptors (Lipinski definition) is 4. The van der Waals surface area contributed by atoms with Crippen molar-refractivity contribution in [1.29, 1.82) is 0 Å². The quantitative estimate of drug-likeness (QED) is 0.746. The molecule has 5 nitrogen and oxygen atoms in total. The smallest absolute Gasteiger partial charge is 0.241 e. The fourth-order valence-corrected chi connectivity index (χ4v) is 4.37. The number of hydrogen-bond donors (Lipinski definition) is 1. The van der Waals surface area contributed by atoms with Crippen LogP contribution in [-0.4, -0.2) is 33.2 Å². The summed E-state index contributed by atoms with van der Waals surface area (Å²) in [7, 11) is 0. The number of carbonyl (C=O) groups excluding carboxylic acids is 1. The van der Waals surface area contributed by atoms with Gasteiger partial charge in [0, 0.05) is 34.4 Å². The highest BCUT2D eigenvalue weighted by molar-refractivity contribution is 7.11. The van der Waals surface area contributed by atoms with E-state index in [0.29, 0.717) is 0 Å². The molecule has 1 saturated heterocycles. The molecular formula is C20H22N4OS. The molecule has 1 aromatic carbocycles. The molecule has 1 aliphatic rings. The van der Waals surface area contributed by atoms with E-state index < -0.39 is 0 Å². The molecule has 134 valence electrons. The number of thiophene rings is 1. The summed E-state index contributed by atoms with van der Waals surface area (Å²) in [4.78, 5) is 17.8. The number of carbonyl (C=O) groups is 1. The minimum Gasteiger partial charge on any atom is -0.325 e. The first-order valence-electron chi connectivity index (χ1n) is 8.89. The standard InChI is InChI=1S/C20H22N4OS/c1-15-8-9-18(26-15)14-23-11-3-7-19(23)20(25)22-16-5-2-6-17(13-16)24-12-4-10-21-24/h2,4-6,8-10,12-13,19H,3,7,11,14H2,1H3,(H,22,25)/t19-/m0/s1. The summed E-state index contributed by atoms with van der Waals surface area (Å²) in [6.07, 6.45) is 5.61. The van der Waals surface area contributed by atoms with Crippen molar-refractivity contribution in [1.82, 2.24) is 14.7 Å². The van der Waals surface area contributed by atoms with Gasteiger partial charge in [0.1, 0.15) is 0 Å². The molecule has 0 unspecified atom stereocenters. The van der Waals surface area contributed by atoms with Gasteiger partial charge in [-0.2, -0.15) is 5.10 Å². The van der Waals surface area contributed by atoms with Crippen LogP contribution in [0.2, 0.25) is 0 Å². The van der Waals surface area contributed by atoms with Crippen LogP contribution in [0.4, 0.5) is 5.69 Å². The van der Waals surface area contributed by atoms with Crippen LogP contribution in [0.5, 0.6) is 0 Å². The Bertz CT molecular complexity index is 887. The van der Waals surface area contributed by atoms with Crippen LogP contribution in [0.1, 0.15) is 22.6 Å². The van der Waals surface area contributed by atoms with Crippen molar-refractivity contribution >= 4 is 22.9 Å². The van der Waals surface area contributed by atoms with Crippen LogP contribution in [0.25, 0.3) is 5.69 Å². The van der Waals surface area contributed by atoms with E-state index >= 15 is 0 Å². The number of nitrogens with zero attached hydrogens (tertiary/aromatic N) is 3. The minimum absolute atomic E-state index is 0.0641. The molecular weight excluding hydrogens is 344 g/mol. The average molecular weight is 366 g/mol. The normalized spacial score (nSPS) is 17.5. The van der Waals surface area contributed by atoms with Crippen molar-refractivity contribution in [3.8, 4) is 5.69 Å². The molecule has 26 heavy (non-hydrogen) atoms. The van der Waals surface area contributed by atoms with Gasteiger partial charge in [0.25, 0.3) is 0 Å². The van der Waals surface area contributed by atoms with Crippen LogP contribution in [0, 0.1) is 6.92 Å². The second-order valence-corrected chi connectivity index (χ2v) is 8.00. The second-order valence-electron chi connectivity index (χ2n) is 6.63. The fourth-order valence-electron chi connectivity index (χ4n) is 3.46. The molecule has 1 atom stereocenters. The number of aryl methyl sites for hydroxylation is 1. The number of amides is 1. The highest BCUT2D eigenvalue weighted by atomic mass is 32.1. The largest absolute Gasteiger partial charge is 0.325 e. The summed E-state index contributed by atoms with van der Waals surface area (Å²) in [5.41, 5.74) is 1.74. The van der Waals surface area contributed by atoms with E-state index in [1.165, 1.54) is 9.75 Å². The lowest BCUT2D eigenvalue weighted by molar-refractivity contribution is -0.120. The number of likely N-dealkylation sites (tertiary alicyclic amines) is 1. The van der Waals surface area contributed by atoms with Gasteiger partial charge in [-0.3, -0.25) is 9.69 Å². The van der Waals surface area contributed by atoms with Gasteiger partial charge >= 0.3 is 0 Å². The maximum Gasteiger partial charge on any atom is 0.241 e. The van der Waals surface area contributed by atoms with E-state index in [1.807, 2.05) is 47.9 Å². The Hall–Kier alpha value is -2.44. The Labute approximate surface area is 157 Å². The topological polar surface area (TPSA) is 50.2 Å². The van der Waals surface area contributed by atoms with E-state index in [0.717, 1.165) is 37.3 Å². The second kappa shape index (κ2) is 7.43. The van der Waals surface area contributed by atoms with Gasteiger partial charge in [0.2, 0.25) is 5.91 Å². The summed E-state index contributed by atoms with van der Waals surface area (Å²) in [5, 5.41) is 7.33. The lowest BCUT2D eigenvalue weighted by Crippen LogP contribution is -2.39. The Morgan fingerprint density at radius 3 is 3.00 bits per heavy atom. The molecule has 3 heterocycles. The lowest BCUT2D eigenvalue weighted by atomic mass is 10.2. The van der Waals surface area contributed by atoms with Crippen LogP contribution in [-0.2, 0) is 11.3 Å². The number of aromatic nitrogens is 2. The first kappa shape index (κ1) is 17.0. The molecule has 1 aliphatic heterocycles. The minimum atomic E-state index is -0.0641. The maximum atomic E-state index is 12.8. The van der Waals surface area contributed by atoms with Crippen LogP contribution < -0.4 is 5.32 Å². The van der Waals surface area contributed by atoms with Crippen molar-refractivity contribution in [2.75, 3.05) is 11.9 Å². The molecule has 1 amide bonds. The molecule has 0 saturated carbocycles. The van der Waals surface area contributed by atoms with E-state index in [4.69, 9.17) is 0 Å². The number of anilines is 1. The summed E-state index contributed by atoms with van der Waals surface area (Å²) in [5.74, 6) is 0.0772. The summed E-state index contributed by atoms with van der Waals surface area (Å²) in [6.45, 7) is 3.95. The van der Waals surface area contributed by atoms with Gasteiger partial charge in [-0.1, -0.05) is 6.07 Å². The van der Waals surface area contributed by atoms with E-state index in [9.17, 15) is 4.79 Å². The third-order valence-corrected chi connectivity index (χ3v) is 5.69. The summed E-state index contributed by atoms with van der Waals surface area (Å²) < 4.78 is 1.79. The zero-order valence-corrected chi connectivity index (χ0v) is 15.6. The molecule has 0 bridgehead atoms. The molecule has 0 radical (unpaired) electrons. The van der Waals surface area contributed by atoms with Crippen molar-refractivity contribution in [3.63, 3.8) is 0 Å². The number of benzene rings is 1. The molecule has 4 rings (SSSR count). The van der Waals surface area contributed by atoms with Crippen LogP contribution in [0.3, 0.4) is 0 Å². The van der Waals surface area contributed by atoms with E-state index in [2.05, 4.69) is 34.4 Å². The third kappa shape index (κ3) is 3.71. The third-order valence-electron chi connectivity index (χ3n) is 4.70. The maximum absolute atomic E-state index is 12.8. The Morgan fingerprint density at radius 2 is 2.23 bits per heavy atom. The first-order chi connectivity index (χ1) is 12.7. The predicted molar refractivity (Wildman–Crippen MR) is 105 cm³/mol. The molecule has 0 aliphatic carbocycles. The molecule has 3 aromatic rings. The molecule has 6 heteroatoms. The zero-order chi connectivity index (χ0) is 17.9. The van der Waals surface area contributed by atoms with E-state index in [-0.39, 0.29) is 11.9 Å². The highest BCUT2D eigenvalue weighted by Crippen LogP contribution is 2.25. The lowest BCUT2D eigenvalue weighted by Gasteiger charge is -2.23. The number of rotatable bonds is 5. The average Bonchev–Trinajstić information content (AvgIpc) is 3.37. The van der Waals surface area contributed by atoms with Crippen LogP contribution >= 0.6 is 11.3 Å². The molecule has 2 aromatic heterocycles. The summed E-state index contributed by atoms with van der Waals surface area (Å²) >= 11 is 1.81. The molecule has 0 spiro atoms. The predicted octanol–water partition coefficient (Wildman–Crippen LogP) is 3.85. The van der Waals surface area contributed by atoms with Gasteiger partial charge in [0.15, 0.2) is 0 Å². The zero-order valence-electron chi connectivity index (χ0n) is 14.8. The van der Waals surface area contributed by atoms with E-state index in [1.54, 1.807) is 10.9 Å². The van der Waals surface area contributed by atoms with Gasteiger partial charge in [-0.05, 0) is 62.7 Å². The van der Waals surface area contributed by atoms with Gasteiger partial charge in [-0.25, -0.2) is 4.68 Å². The van der Waals surface area contributed by atoms with Crippen molar-refractivity contribution in [2.45, 2.75) is 32.4 Å². The van der Waals surface area contributed by atoms with Gasteiger partial charge < -0.3 is 5.32 Å². The fraction of sp³-hybridized carbons (Fsp3) is 0.300. The van der Waals surface area contributed by atoms with Gasteiger partial charge in [-0.15, -0.1) is 11.3 Å². The first-order valence-corrected chi connectivity index (χ1v) is 9.71. The molecule has 1 N–H and O–H groups in total. The van der Waals surface area contributed by atoms with Crippen molar-refractivity contribution in [2.24, 2.45) is 0 Å².